The molecule has 0 radical (unpaired) electrons. The number of esters is 2. The highest BCUT2D eigenvalue weighted by molar-refractivity contribution is 5.93. The molecule has 0 fully saturated rings. The Balaban J connectivity index is 2.40. The van der Waals surface area contributed by atoms with Crippen molar-refractivity contribution in [3.8, 4) is 0 Å². The molecule has 0 spiro atoms. The quantitative estimate of drug-likeness (QED) is 0.487. The number of alkyl halides is 3. The molecule has 0 unspecified atom stereocenters. The van der Waals surface area contributed by atoms with Crippen LogP contribution < -0.4 is 0 Å². The van der Waals surface area contributed by atoms with Gasteiger partial charge in [0.05, 0.1) is 17.7 Å². The Kier molecular flexibility index (Phi) is 8.29. The van der Waals surface area contributed by atoms with Gasteiger partial charge < -0.3 is 9.47 Å². The molecule has 0 N–H and O–H groups in total. The van der Waals surface area contributed by atoms with E-state index in [-0.39, 0.29) is 11.1 Å². The molecule has 0 aromatic heterocycles. The van der Waals surface area contributed by atoms with Gasteiger partial charge in [-0.1, -0.05) is 32.6 Å². The van der Waals surface area contributed by atoms with Crippen LogP contribution in [-0.2, 0) is 9.47 Å². The largest absolute Gasteiger partial charge is 0.462 e. The summed E-state index contributed by atoms with van der Waals surface area (Å²) in [6.45, 7) is 0.786. The van der Waals surface area contributed by atoms with Crippen LogP contribution in [0, 0.1) is 0 Å². The van der Waals surface area contributed by atoms with Gasteiger partial charge >= 0.3 is 18.1 Å². The van der Waals surface area contributed by atoms with Crippen LogP contribution in [0.1, 0.15) is 59.7 Å². The van der Waals surface area contributed by atoms with Crippen LogP contribution in [0.3, 0.4) is 0 Å². The van der Waals surface area contributed by atoms with Crippen molar-refractivity contribution in [2.24, 2.45) is 0 Å². The van der Waals surface area contributed by atoms with Gasteiger partial charge in [-0.2, -0.15) is 13.2 Å². The number of hydrogen-bond donors (Lipinski definition) is 0. The maximum absolute atomic E-state index is 12.0. The topological polar surface area (TPSA) is 52.6 Å². The highest BCUT2D eigenvalue weighted by atomic mass is 19.4. The van der Waals surface area contributed by atoms with Crippen molar-refractivity contribution in [2.45, 2.75) is 45.2 Å². The third-order valence-corrected chi connectivity index (χ3v) is 3.20. The number of carbonyl (C=O) groups excluding carboxylic acids is 2. The minimum absolute atomic E-state index is 0.0598. The first-order valence-electron chi connectivity index (χ1n) is 7.84. The summed E-state index contributed by atoms with van der Waals surface area (Å²) >= 11 is 0. The van der Waals surface area contributed by atoms with E-state index < -0.39 is 24.7 Å². The monoisotopic (exact) mass is 346 g/mol. The van der Waals surface area contributed by atoms with Crippen molar-refractivity contribution in [2.75, 3.05) is 13.2 Å². The summed E-state index contributed by atoms with van der Waals surface area (Å²) in [6, 6.07) is 5.11. The SMILES string of the molecule is CCCCCCCOC(=O)c1ccc(C(=O)OCC(F)(F)F)cc1. The maximum atomic E-state index is 12.0. The third kappa shape index (κ3) is 7.99. The molecule has 0 bridgehead atoms. The lowest BCUT2D eigenvalue weighted by atomic mass is 10.1. The van der Waals surface area contributed by atoms with Crippen LogP contribution in [-0.4, -0.2) is 31.3 Å². The number of unbranched alkanes of at least 4 members (excludes halogenated alkanes) is 4. The summed E-state index contributed by atoms with van der Waals surface area (Å²) in [7, 11) is 0. The van der Waals surface area contributed by atoms with E-state index in [2.05, 4.69) is 11.7 Å². The van der Waals surface area contributed by atoms with Crippen LogP contribution in [0.15, 0.2) is 24.3 Å². The Hall–Kier alpha value is -2.05. The predicted octanol–water partition coefficient (Wildman–Crippen LogP) is 4.53. The van der Waals surface area contributed by atoms with Crippen molar-refractivity contribution in [1.29, 1.82) is 0 Å². The Bertz CT molecular complexity index is 524. The first kappa shape index (κ1) is 20.0. The summed E-state index contributed by atoms with van der Waals surface area (Å²) in [5.41, 5.74) is 0.172. The van der Waals surface area contributed by atoms with Crippen molar-refractivity contribution < 1.29 is 32.2 Å². The molecule has 0 aliphatic heterocycles. The average molecular weight is 346 g/mol. The third-order valence-electron chi connectivity index (χ3n) is 3.20. The number of halogens is 3. The molecule has 4 nitrogen and oxygen atoms in total. The van der Waals surface area contributed by atoms with Crippen molar-refractivity contribution in [3.63, 3.8) is 0 Å². The van der Waals surface area contributed by atoms with Gasteiger partial charge in [0.1, 0.15) is 0 Å². The van der Waals surface area contributed by atoms with Gasteiger partial charge in [-0.25, -0.2) is 9.59 Å². The minimum Gasteiger partial charge on any atom is -0.462 e. The summed E-state index contributed by atoms with van der Waals surface area (Å²) in [4.78, 5) is 23.2. The zero-order chi connectivity index (χ0) is 18.0. The molecule has 1 rings (SSSR count). The molecule has 0 amide bonds. The van der Waals surface area contributed by atoms with E-state index in [1.807, 2.05) is 0 Å². The fraction of sp³-hybridized carbons (Fsp3) is 0.529. The van der Waals surface area contributed by atoms with Crippen LogP contribution in [0.4, 0.5) is 13.2 Å². The lowest BCUT2D eigenvalue weighted by molar-refractivity contribution is -0.161. The minimum atomic E-state index is -4.57. The van der Waals surface area contributed by atoms with Gasteiger partial charge in [-0.05, 0) is 30.7 Å². The molecule has 24 heavy (non-hydrogen) atoms. The maximum Gasteiger partial charge on any atom is 0.422 e. The van der Waals surface area contributed by atoms with Crippen LogP contribution in [0.25, 0.3) is 0 Å². The molecule has 0 saturated heterocycles. The van der Waals surface area contributed by atoms with E-state index in [4.69, 9.17) is 4.74 Å². The molecule has 0 heterocycles. The molecular weight excluding hydrogens is 325 g/mol. The summed E-state index contributed by atoms with van der Waals surface area (Å²) in [5, 5.41) is 0. The molecular formula is C17H21F3O4. The molecule has 0 aliphatic carbocycles. The van der Waals surface area contributed by atoms with Crippen molar-refractivity contribution in [3.05, 3.63) is 35.4 Å². The molecule has 1 aromatic rings. The number of benzene rings is 1. The van der Waals surface area contributed by atoms with Gasteiger partial charge in [-0.15, -0.1) is 0 Å². The molecule has 0 aliphatic rings. The highest BCUT2D eigenvalue weighted by Crippen LogP contribution is 2.16. The summed E-state index contributed by atoms with van der Waals surface area (Å²) < 4.78 is 45.2. The number of carbonyl (C=O) groups is 2. The van der Waals surface area contributed by atoms with E-state index in [9.17, 15) is 22.8 Å². The van der Waals surface area contributed by atoms with Gasteiger partial charge in [0.2, 0.25) is 0 Å². The van der Waals surface area contributed by atoms with Crippen LogP contribution in [0.2, 0.25) is 0 Å². The van der Waals surface area contributed by atoms with Gasteiger partial charge in [0.15, 0.2) is 6.61 Å². The summed E-state index contributed by atoms with van der Waals surface area (Å²) in [6.07, 6.45) is 0.593. The van der Waals surface area contributed by atoms with Gasteiger partial charge in [-0.3, -0.25) is 0 Å². The lowest BCUT2D eigenvalue weighted by Crippen LogP contribution is -2.20. The zero-order valence-corrected chi connectivity index (χ0v) is 13.5. The first-order valence-corrected chi connectivity index (χ1v) is 7.84. The van der Waals surface area contributed by atoms with Crippen LogP contribution in [0.5, 0.6) is 0 Å². The molecule has 134 valence electrons. The Morgan fingerprint density at radius 1 is 0.875 bits per heavy atom. The van der Waals surface area contributed by atoms with E-state index in [0.717, 1.165) is 32.1 Å². The predicted molar refractivity (Wildman–Crippen MR) is 81.8 cm³/mol. The molecule has 7 heteroatoms. The van der Waals surface area contributed by atoms with E-state index >= 15 is 0 Å². The standard InChI is InChI=1S/C17H21F3O4/c1-2-3-4-5-6-11-23-15(21)13-7-9-14(10-8-13)16(22)24-12-17(18,19)20/h7-10H,2-6,11-12H2,1H3. The second-order valence-electron chi connectivity index (χ2n) is 5.32. The van der Waals surface area contributed by atoms with Crippen molar-refractivity contribution in [1.82, 2.24) is 0 Å². The van der Waals surface area contributed by atoms with E-state index in [1.54, 1.807) is 0 Å². The van der Waals surface area contributed by atoms with Gasteiger partial charge in [0.25, 0.3) is 0 Å². The summed E-state index contributed by atoms with van der Waals surface area (Å²) in [5.74, 6) is -1.62. The Morgan fingerprint density at radius 2 is 1.38 bits per heavy atom. The molecule has 1 aromatic carbocycles. The molecule has 0 atom stereocenters. The Labute approximate surface area is 138 Å². The fourth-order valence-electron chi connectivity index (χ4n) is 1.93. The zero-order valence-electron chi connectivity index (χ0n) is 13.5. The number of ether oxygens (including phenoxy) is 2. The number of rotatable bonds is 9. The first-order chi connectivity index (χ1) is 11.3. The van der Waals surface area contributed by atoms with Gasteiger partial charge in [0, 0.05) is 0 Å². The van der Waals surface area contributed by atoms with E-state index in [0.29, 0.717) is 6.61 Å². The van der Waals surface area contributed by atoms with E-state index in [1.165, 1.54) is 24.3 Å². The Morgan fingerprint density at radius 3 is 1.88 bits per heavy atom. The highest BCUT2D eigenvalue weighted by Gasteiger charge is 2.29. The fourth-order valence-corrected chi connectivity index (χ4v) is 1.93. The molecule has 0 saturated carbocycles. The van der Waals surface area contributed by atoms with Crippen LogP contribution >= 0.6 is 0 Å². The average Bonchev–Trinajstić information content (AvgIpc) is 2.55. The second-order valence-corrected chi connectivity index (χ2v) is 5.32. The van der Waals surface area contributed by atoms with Crippen molar-refractivity contribution >= 4 is 11.9 Å². The smallest absolute Gasteiger partial charge is 0.422 e. The second kappa shape index (κ2) is 9.95. The lowest BCUT2D eigenvalue weighted by Gasteiger charge is -2.08. The number of hydrogen-bond acceptors (Lipinski definition) is 4. The normalized spacial score (nSPS) is 11.2.